The minimum absolute atomic E-state index is 0.221. The van der Waals surface area contributed by atoms with Gasteiger partial charge < -0.3 is 19.9 Å². The van der Waals surface area contributed by atoms with E-state index in [1.807, 2.05) is 25.1 Å². The molecular formula is C19H19N5O3. The maximum Gasteiger partial charge on any atom is 0.409 e. The summed E-state index contributed by atoms with van der Waals surface area (Å²) < 4.78 is 4.78. The van der Waals surface area contributed by atoms with Crippen molar-refractivity contribution in [1.82, 2.24) is 19.9 Å². The summed E-state index contributed by atoms with van der Waals surface area (Å²) >= 11 is 0. The average molecular weight is 365 g/mol. The van der Waals surface area contributed by atoms with Gasteiger partial charge in [-0.2, -0.15) is 0 Å². The van der Waals surface area contributed by atoms with Gasteiger partial charge in [0.2, 0.25) is 0 Å². The summed E-state index contributed by atoms with van der Waals surface area (Å²) in [6.07, 6.45) is 3.47. The summed E-state index contributed by atoms with van der Waals surface area (Å²) in [6, 6.07) is 5.54. The molecule has 8 nitrogen and oxygen atoms in total. The van der Waals surface area contributed by atoms with E-state index in [1.165, 1.54) is 7.11 Å². The third-order valence-electron chi connectivity index (χ3n) is 4.68. The van der Waals surface area contributed by atoms with Gasteiger partial charge in [0, 0.05) is 24.6 Å². The monoisotopic (exact) mass is 365 g/mol. The van der Waals surface area contributed by atoms with Crippen molar-refractivity contribution in [3.8, 4) is 0 Å². The fourth-order valence-corrected chi connectivity index (χ4v) is 3.39. The first-order valence-corrected chi connectivity index (χ1v) is 8.61. The van der Waals surface area contributed by atoms with Gasteiger partial charge in [0.05, 0.1) is 30.3 Å². The van der Waals surface area contributed by atoms with Crippen molar-refractivity contribution in [3.05, 3.63) is 53.1 Å². The Morgan fingerprint density at radius 1 is 1.30 bits per heavy atom. The molecule has 8 heteroatoms. The van der Waals surface area contributed by atoms with Crippen molar-refractivity contribution >= 4 is 28.7 Å². The van der Waals surface area contributed by atoms with E-state index in [0.717, 1.165) is 28.0 Å². The molecule has 0 spiro atoms. The van der Waals surface area contributed by atoms with Gasteiger partial charge in [-0.3, -0.25) is 9.78 Å². The van der Waals surface area contributed by atoms with Crippen LogP contribution in [-0.4, -0.2) is 45.5 Å². The number of benzene rings is 1. The lowest BCUT2D eigenvalue weighted by molar-refractivity contribution is 0.102. The molecule has 4 rings (SSSR count). The van der Waals surface area contributed by atoms with Crippen molar-refractivity contribution in [1.29, 1.82) is 0 Å². The molecule has 1 aliphatic rings. The van der Waals surface area contributed by atoms with Crippen LogP contribution in [0.5, 0.6) is 0 Å². The summed E-state index contributed by atoms with van der Waals surface area (Å²) in [5.74, 6) is 0.603. The number of methoxy groups -OCH3 is 1. The number of H-pyrrole nitrogens is 1. The molecule has 27 heavy (non-hydrogen) atoms. The van der Waals surface area contributed by atoms with Crippen LogP contribution in [0.25, 0.3) is 11.0 Å². The maximum atomic E-state index is 12.8. The molecule has 0 atom stereocenters. The Balaban J connectivity index is 1.58. The van der Waals surface area contributed by atoms with Crippen molar-refractivity contribution in [2.75, 3.05) is 19.0 Å². The van der Waals surface area contributed by atoms with Gasteiger partial charge in [-0.1, -0.05) is 0 Å². The number of nitrogens with one attached hydrogen (secondary N) is 2. The molecule has 2 aromatic heterocycles. The number of carbonyl (C=O) groups excluding carboxylic acids is 2. The lowest BCUT2D eigenvalue weighted by atomic mass is 9.97. The highest BCUT2D eigenvalue weighted by atomic mass is 16.5. The third kappa shape index (κ3) is 3.21. The van der Waals surface area contributed by atoms with E-state index in [9.17, 15) is 9.59 Å². The van der Waals surface area contributed by atoms with Crippen LogP contribution in [0, 0.1) is 6.92 Å². The highest BCUT2D eigenvalue weighted by molar-refractivity contribution is 6.06. The molecule has 0 bridgehead atoms. The second-order valence-electron chi connectivity index (χ2n) is 6.47. The first kappa shape index (κ1) is 17.0. The van der Waals surface area contributed by atoms with Crippen molar-refractivity contribution in [3.63, 3.8) is 0 Å². The number of aromatic nitrogens is 3. The number of aromatic amines is 1. The minimum Gasteiger partial charge on any atom is -0.453 e. The first-order chi connectivity index (χ1) is 13.0. The molecular weight excluding hydrogens is 346 g/mol. The number of hydrogen-bond donors (Lipinski definition) is 2. The third-order valence-corrected chi connectivity index (χ3v) is 4.68. The van der Waals surface area contributed by atoms with Gasteiger partial charge >= 0.3 is 6.09 Å². The number of nitrogens with zero attached hydrogens (tertiary/aromatic N) is 3. The fourth-order valence-electron chi connectivity index (χ4n) is 3.39. The highest BCUT2D eigenvalue weighted by Crippen LogP contribution is 2.24. The van der Waals surface area contributed by atoms with E-state index < -0.39 is 0 Å². The topological polar surface area (TPSA) is 100 Å². The van der Waals surface area contributed by atoms with Crippen LogP contribution in [-0.2, 0) is 17.7 Å². The zero-order chi connectivity index (χ0) is 19.0. The maximum absolute atomic E-state index is 12.8. The van der Waals surface area contributed by atoms with E-state index in [1.54, 1.807) is 17.3 Å². The highest BCUT2D eigenvalue weighted by Gasteiger charge is 2.25. The molecule has 0 fully saturated rings. The van der Waals surface area contributed by atoms with Crippen molar-refractivity contribution in [2.24, 2.45) is 0 Å². The van der Waals surface area contributed by atoms with Crippen LogP contribution in [0.1, 0.15) is 27.3 Å². The molecule has 0 saturated heterocycles. The number of hydrogen-bond acceptors (Lipinski definition) is 5. The number of imidazole rings is 1. The molecule has 2 N–H and O–H groups in total. The zero-order valence-corrected chi connectivity index (χ0v) is 15.1. The average Bonchev–Trinajstić information content (AvgIpc) is 3.05. The Morgan fingerprint density at radius 2 is 2.15 bits per heavy atom. The van der Waals surface area contributed by atoms with Gasteiger partial charge in [0.25, 0.3) is 5.91 Å². The Labute approximate surface area is 155 Å². The summed E-state index contributed by atoms with van der Waals surface area (Å²) in [6.45, 7) is 2.77. The van der Waals surface area contributed by atoms with Crippen LogP contribution >= 0.6 is 0 Å². The Kier molecular flexibility index (Phi) is 4.23. The smallest absolute Gasteiger partial charge is 0.409 e. The largest absolute Gasteiger partial charge is 0.453 e. The normalized spacial score (nSPS) is 13.3. The molecule has 0 radical (unpaired) electrons. The standard InChI is InChI=1S/C19H19N5O3/c1-11-21-16-4-3-13(7-17(16)22-11)23-18(25)15-9-20-8-12-10-24(19(26)27-2)6-5-14(12)15/h3-4,7-9H,5-6,10H2,1-2H3,(H,21,22)(H,23,25). The van der Waals surface area contributed by atoms with Gasteiger partial charge in [-0.15, -0.1) is 0 Å². The van der Waals surface area contributed by atoms with Crippen LogP contribution in [0.4, 0.5) is 10.5 Å². The van der Waals surface area contributed by atoms with Crippen LogP contribution in [0.3, 0.4) is 0 Å². The zero-order valence-electron chi connectivity index (χ0n) is 15.1. The number of aryl methyl sites for hydroxylation is 1. The van der Waals surface area contributed by atoms with Crippen LogP contribution in [0.15, 0.2) is 30.6 Å². The van der Waals surface area contributed by atoms with Crippen molar-refractivity contribution in [2.45, 2.75) is 19.9 Å². The second-order valence-corrected chi connectivity index (χ2v) is 6.47. The quantitative estimate of drug-likeness (QED) is 0.727. The van der Waals surface area contributed by atoms with E-state index in [2.05, 4.69) is 20.3 Å². The number of fused-ring (bicyclic) bond motifs is 2. The van der Waals surface area contributed by atoms with Crippen LogP contribution in [0.2, 0.25) is 0 Å². The number of pyridine rings is 1. The Morgan fingerprint density at radius 3 is 2.96 bits per heavy atom. The SMILES string of the molecule is COC(=O)N1CCc2c(cncc2C(=O)Nc2ccc3nc(C)[nH]c3c2)C1. The predicted octanol–water partition coefficient (Wildman–Crippen LogP) is 2.64. The molecule has 3 aromatic rings. The van der Waals surface area contributed by atoms with Gasteiger partial charge in [0.15, 0.2) is 0 Å². The Hall–Kier alpha value is -3.42. The molecule has 0 aliphatic carbocycles. The lowest BCUT2D eigenvalue weighted by Gasteiger charge is -2.28. The second kappa shape index (κ2) is 6.71. The summed E-state index contributed by atoms with van der Waals surface area (Å²) in [5, 5.41) is 2.92. The van der Waals surface area contributed by atoms with E-state index in [4.69, 9.17) is 4.74 Å². The number of rotatable bonds is 2. The fraction of sp³-hybridized carbons (Fsp3) is 0.263. The van der Waals surface area contributed by atoms with Crippen LogP contribution < -0.4 is 5.32 Å². The molecule has 2 amide bonds. The summed E-state index contributed by atoms with van der Waals surface area (Å²) in [4.78, 5) is 37.8. The molecule has 0 unspecified atom stereocenters. The predicted molar refractivity (Wildman–Crippen MR) is 99.5 cm³/mol. The van der Waals surface area contributed by atoms with Gasteiger partial charge in [-0.25, -0.2) is 9.78 Å². The lowest BCUT2D eigenvalue weighted by Crippen LogP contribution is -2.36. The number of ether oxygens (including phenoxy) is 1. The Bertz CT molecular complexity index is 1040. The van der Waals surface area contributed by atoms with E-state index >= 15 is 0 Å². The molecule has 0 saturated carbocycles. The molecule has 1 aliphatic heterocycles. The molecule has 3 heterocycles. The minimum atomic E-state index is -0.376. The number of anilines is 1. The van der Waals surface area contributed by atoms with Gasteiger partial charge in [0.1, 0.15) is 5.82 Å². The summed E-state index contributed by atoms with van der Waals surface area (Å²) in [7, 11) is 1.36. The number of carbonyl (C=O) groups is 2. The first-order valence-electron chi connectivity index (χ1n) is 8.61. The van der Waals surface area contributed by atoms with E-state index in [-0.39, 0.29) is 12.0 Å². The van der Waals surface area contributed by atoms with Gasteiger partial charge in [-0.05, 0) is 42.7 Å². The molecule has 1 aromatic carbocycles. The van der Waals surface area contributed by atoms with Crippen molar-refractivity contribution < 1.29 is 14.3 Å². The summed E-state index contributed by atoms with van der Waals surface area (Å²) in [5.41, 5.74) is 4.71. The number of amides is 2. The molecule has 138 valence electrons. The van der Waals surface area contributed by atoms with E-state index in [0.29, 0.717) is 30.8 Å².